The first-order valence-corrected chi connectivity index (χ1v) is 13.2. The predicted octanol–water partition coefficient (Wildman–Crippen LogP) is 4.45. The molecule has 0 radical (unpaired) electrons. The molecule has 12 nitrogen and oxygen atoms in total. The van der Waals surface area contributed by atoms with E-state index < -0.39 is 38.5 Å². The molecule has 0 bridgehead atoms. The van der Waals surface area contributed by atoms with E-state index in [0.717, 1.165) is 12.1 Å². The minimum Gasteiger partial charge on any atom is -0.493 e. The number of benzene rings is 3. The second-order valence-electron chi connectivity index (χ2n) is 7.76. The third-order valence-corrected chi connectivity index (χ3v) is 7.34. The number of urea groups is 1. The van der Waals surface area contributed by atoms with Crippen molar-refractivity contribution in [1.82, 2.24) is 5.32 Å². The fraction of sp³-hybridized carbons (Fsp3) is 0.0417. The molecule has 1 N–H and O–H groups in total. The molecule has 3 aromatic carbocycles. The smallest absolute Gasteiger partial charge is 0.339 e. The molecule has 3 aromatic rings. The first kappa shape index (κ1) is 27.8. The van der Waals surface area contributed by atoms with Gasteiger partial charge in [0.05, 0.1) is 22.2 Å². The fourth-order valence-corrected chi connectivity index (χ4v) is 5.20. The van der Waals surface area contributed by atoms with Crippen molar-refractivity contribution in [3.05, 3.63) is 91.4 Å². The van der Waals surface area contributed by atoms with Crippen LogP contribution in [-0.4, -0.2) is 38.3 Å². The van der Waals surface area contributed by atoms with Crippen LogP contribution in [0.25, 0.3) is 6.08 Å². The van der Waals surface area contributed by atoms with Crippen molar-refractivity contribution in [3.8, 4) is 11.5 Å². The van der Waals surface area contributed by atoms with E-state index in [-0.39, 0.29) is 37.8 Å². The van der Waals surface area contributed by atoms with Crippen LogP contribution < -0.4 is 19.1 Å². The summed E-state index contributed by atoms with van der Waals surface area (Å²) in [4.78, 5) is 49.0. The second-order valence-corrected chi connectivity index (χ2v) is 10.6. The average Bonchev–Trinajstić information content (AvgIpc) is 2.88. The van der Waals surface area contributed by atoms with Gasteiger partial charge in [-0.3, -0.25) is 25.0 Å². The summed E-state index contributed by atoms with van der Waals surface area (Å²) >= 11 is 9.03. The number of imide groups is 2. The summed E-state index contributed by atoms with van der Waals surface area (Å²) < 4.78 is 36.2. The summed E-state index contributed by atoms with van der Waals surface area (Å²) in [6.45, 7) is 0. The topological polar surface area (TPSA) is 162 Å². The van der Waals surface area contributed by atoms with E-state index >= 15 is 0 Å². The first-order chi connectivity index (χ1) is 18.4. The van der Waals surface area contributed by atoms with Crippen LogP contribution in [0.2, 0.25) is 5.02 Å². The fourth-order valence-electron chi connectivity index (χ4n) is 3.47. The van der Waals surface area contributed by atoms with Crippen molar-refractivity contribution in [1.29, 1.82) is 0 Å². The summed E-state index contributed by atoms with van der Waals surface area (Å²) in [6.07, 6.45) is 1.14. The van der Waals surface area contributed by atoms with E-state index in [4.69, 9.17) is 20.5 Å². The standard InChI is InChI=1S/C24H15BrClN3O9S/c1-37-20-11-13(10-19(25)21(20)38-39(35,36)17-7-5-14(26)6-8-17)9-18-22(30)27-24(32)28(23(18)31)15-3-2-4-16(12-15)29(33)34/h2-12H,1H3,(H,27,30,32)/b18-9+. The van der Waals surface area contributed by atoms with Crippen molar-refractivity contribution in [2.75, 3.05) is 12.0 Å². The summed E-state index contributed by atoms with van der Waals surface area (Å²) in [5.41, 5.74) is -0.771. The van der Waals surface area contributed by atoms with Gasteiger partial charge in [-0.1, -0.05) is 17.7 Å². The number of anilines is 1. The van der Waals surface area contributed by atoms with E-state index in [1.54, 1.807) is 0 Å². The number of non-ortho nitro benzene ring substituents is 1. The average molecular weight is 637 g/mol. The third kappa shape index (κ3) is 5.77. The van der Waals surface area contributed by atoms with Crippen LogP contribution in [0.15, 0.2) is 75.6 Å². The lowest BCUT2D eigenvalue weighted by Gasteiger charge is -2.26. The van der Waals surface area contributed by atoms with Crippen LogP contribution in [0.1, 0.15) is 5.56 Å². The van der Waals surface area contributed by atoms with Gasteiger partial charge in [-0.25, -0.2) is 9.69 Å². The molecule has 1 aliphatic rings. The third-order valence-electron chi connectivity index (χ3n) is 5.26. The number of methoxy groups -OCH3 is 1. The number of carbonyl (C=O) groups excluding carboxylic acids is 3. The number of nitrogens with one attached hydrogen (secondary N) is 1. The van der Waals surface area contributed by atoms with E-state index in [1.807, 2.05) is 5.32 Å². The van der Waals surface area contributed by atoms with Crippen molar-refractivity contribution >= 4 is 72.9 Å². The summed E-state index contributed by atoms with van der Waals surface area (Å²) in [5, 5.41) is 13.5. The van der Waals surface area contributed by atoms with Gasteiger partial charge in [-0.05, 0) is 70.0 Å². The highest BCUT2D eigenvalue weighted by atomic mass is 79.9. The Morgan fingerprint density at radius 2 is 1.77 bits per heavy atom. The van der Waals surface area contributed by atoms with Crippen LogP contribution >= 0.6 is 27.5 Å². The molecule has 39 heavy (non-hydrogen) atoms. The normalized spacial score (nSPS) is 14.8. The maximum absolute atomic E-state index is 13.2. The zero-order valence-corrected chi connectivity index (χ0v) is 22.7. The maximum atomic E-state index is 13.2. The van der Waals surface area contributed by atoms with Crippen molar-refractivity contribution in [2.24, 2.45) is 0 Å². The Morgan fingerprint density at radius 3 is 2.41 bits per heavy atom. The van der Waals surface area contributed by atoms with Gasteiger partial charge >= 0.3 is 16.1 Å². The Labute approximate surface area is 234 Å². The van der Waals surface area contributed by atoms with Gasteiger partial charge < -0.3 is 8.92 Å². The Kier molecular flexibility index (Phi) is 7.72. The molecular formula is C24H15BrClN3O9S. The number of carbonyl (C=O) groups is 3. The van der Waals surface area contributed by atoms with Crippen molar-refractivity contribution in [3.63, 3.8) is 0 Å². The van der Waals surface area contributed by atoms with Crippen LogP contribution in [-0.2, 0) is 19.7 Å². The molecular weight excluding hydrogens is 622 g/mol. The number of rotatable bonds is 7. The molecule has 15 heteroatoms. The number of nitrogens with zero attached hydrogens (tertiary/aromatic N) is 2. The molecule has 1 saturated heterocycles. The molecule has 0 atom stereocenters. The number of barbiturate groups is 1. The van der Waals surface area contributed by atoms with Gasteiger partial charge in [0.1, 0.15) is 10.5 Å². The summed E-state index contributed by atoms with van der Waals surface area (Å²) in [7, 11) is -3.04. The SMILES string of the molecule is COc1cc(/C=C2\C(=O)NC(=O)N(c3cccc([N+](=O)[O-])c3)C2=O)cc(Br)c1OS(=O)(=O)c1ccc(Cl)cc1. The predicted molar refractivity (Wildman–Crippen MR) is 142 cm³/mol. The van der Waals surface area contributed by atoms with Crippen LogP contribution in [0.3, 0.4) is 0 Å². The molecule has 4 rings (SSSR count). The number of nitro groups is 1. The van der Waals surface area contributed by atoms with Crippen LogP contribution in [0.5, 0.6) is 11.5 Å². The van der Waals surface area contributed by atoms with Gasteiger partial charge in [0.15, 0.2) is 11.5 Å². The number of amides is 4. The largest absolute Gasteiger partial charge is 0.493 e. The van der Waals surface area contributed by atoms with Crippen molar-refractivity contribution in [2.45, 2.75) is 4.90 Å². The van der Waals surface area contributed by atoms with Gasteiger partial charge in [0, 0.05) is 17.2 Å². The minimum absolute atomic E-state index is 0.0657. The molecule has 0 spiro atoms. The van der Waals surface area contributed by atoms with Gasteiger partial charge in [-0.15, -0.1) is 0 Å². The van der Waals surface area contributed by atoms with E-state index in [2.05, 4.69) is 15.9 Å². The Balaban J connectivity index is 1.70. The molecule has 200 valence electrons. The number of halogens is 2. The van der Waals surface area contributed by atoms with E-state index in [9.17, 15) is 32.9 Å². The first-order valence-electron chi connectivity index (χ1n) is 10.6. The summed E-state index contributed by atoms with van der Waals surface area (Å²) in [6, 6.07) is 11.6. The molecule has 0 saturated carbocycles. The van der Waals surface area contributed by atoms with E-state index in [0.29, 0.717) is 9.92 Å². The minimum atomic E-state index is -4.29. The molecule has 1 heterocycles. The second kappa shape index (κ2) is 10.8. The van der Waals surface area contributed by atoms with Gasteiger partial charge in [-0.2, -0.15) is 8.42 Å². The lowest BCUT2D eigenvalue weighted by atomic mass is 10.1. The molecule has 0 aromatic heterocycles. The lowest BCUT2D eigenvalue weighted by molar-refractivity contribution is -0.384. The Hall–Kier alpha value is -4.27. The maximum Gasteiger partial charge on any atom is 0.339 e. The highest BCUT2D eigenvalue weighted by Crippen LogP contribution is 2.39. The number of ether oxygens (including phenoxy) is 1. The number of hydrogen-bond acceptors (Lipinski definition) is 9. The Morgan fingerprint density at radius 1 is 1.08 bits per heavy atom. The Bertz CT molecular complexity index is 1670. The van der Waals surface area contributed by atoms with Gasteiger partial charge in [0.2, 0.25) is 0 Å². The van der Waals surface area contributed by atoms with Crippen molar-refractivity contribution < 1.29 is 36.6 Å². The number of nitro benzene ring substituents is 1. The van der Waals surface area contributed by atoms with Gasteiger partial charge in [0.25, 0.3) is 17.5 Å². The summed E-state index contributed by atoms with van der Waals surface area (Å²) in [5.74, 6) is -2.32. The van der Waals surface area contributed by atoms with Crippen LogP contribution in [0.4, 0.5) is 16.2 Å². The highest BCUT2D eigenvalue weighted by Gasteiger charge is 2.37. The molecule has 4 amide bonds. The van der Waals surface area contributed by atoms with Crippen LogP contribution in [0, 0.1) is 10.1 Å². The molecule has 1 fully saturated rings. The highest BCUT2D eigenvalue weighted by molar-refractivity contribution is 9.10. The lowest BCUT2D eigenvalue weighted by Crippen LogP contribution is -2.54. The monoisotopic (exact) mass is 635 g/mol. The quantitative estimate of drug-likeness (QED) is 0.130. The molecule has 1 aliphatic heterocycles. The molecule has 0 aliphatic carbocycles. The molecule has 0 unspecified atom stereocenters. The zero-order chi connectivity index (χ0) is 28.5. The zero-order valence-electron chi connectivity index (χ0n) is 19.6. The van der Waals surface area contributed by atoms with E-state index in [1.165, 1.54) is 61.7 Å². The number of hydrogen-bond donors (Lipinski definition) is 1.